The Morgan fingerprint density at radius 2 is 2.28 bits per heavy atom. The van der Waals surface area contributed by atoms with E-state index in [4.69, 9.17) is 10.5 Å². The number of ether oxygens (including phenoxy) is 1. The van der Waals surface area contributed by atoms with Gasteiger partial charge in [-0.1, -0.05) is 6.07 Å². The summed E-state index contributed by atoms with van der Waals surface area (Å²) in [6.45, 7) is 0.795. The van der Waals surface area contributed by atoms with Gasteiger partial charge in [-0.25, -0.2) is 0 Å². The van der Waals surface area contributed by atoms with E-state index in [0.29, 0.717) is 5.82 Å². The van der Waals surface area contributed by atoms with E-state index in [-0.39, 0.29) is 0 Å². The number of aromatic amines is 1. The number of nitrogens with zero attached hydrogens (tertiary/aromatic N) is 1. The van der Waals surface area contributed by atoms with Crippen LogP contribution in [0.15, 0.2) is 28.9 Å². The first-order chi connectivity index (χ1) is 8.74. The molecule has 0 radical (unpaired) electrons. The van der Waals surface area contributed by atoms with E-state index in [1.54, 1.807) is 6.20 Å². The van der Waals surface area contributed by atoms with Crippen molar-refractivity contribution in [3.8, 4) is 16.9 Å². The highest BCUT2D eigenvalue weighted by molar-refractivity contribution is 9.10. The fourth-order valence-corrected chi connectivity index (χ4v) is 2.16. The number of nitrogens with one attached hydrogen (secondary N) is 1. The minimum atomic E-state index is 0.575. The molecule has 0 atom stereocenters. The average Bonchev–Trinajstić information content (AvgIpc) is 3.10. The predicted molar refractivity (Wildman–Crippen MR) is 74.4 cm³/mol. The maximum Gasteiger partial charge on any atom is 0.134 e. The molecule has 1 heterocycles. The molecule has 18 heavy (non-hydrogen) atoms. The molecular weight excluding hydrogens is 294 g/mol. The van der Waals surface area contributed by atoms with Crippen LogP contribution in [0.3, 0.4) is 0 Å². The van der Waals surface area contributed by atoms with Gasteiger partial charge in [-0.05, 0) is 52.4 Å². The highest BCUT2D eigenvalue weighted by Gasteiger charge is 2.22. The largest absolute Gasteiger partial charge is 0.492 e. The number of H-pyrrole nitrogens is 1. The zero-order chi connectivity index (χ0) is 12.5. The van der Waals surface area contributed by atoms with Gasteiger partial charge >= 0.3 is 0 Å². The van der Waals surface area contributed by atoms with Crippen LogP contribution in [0, 0.1) is 5.92 Å². The Morgan fingerprint density at radius 1 is 1.44 bits per heavy atom. The lowest BCUT2D eigenvalue weighted by Gasteiger charge is -2.09. The van der Waals surface area contributed by atoms with Gasteiger partial charge in [0.25, 0.3) is 0 Å². The minimum Gasteiger partial charge on any atom is -0.492 e. The molecule has 2 aromatic rings. The molecule has 0 aliphatic heterocycles. The maximum absolute atomic E-state index is 5.82. The number of halogens is 1. The molecule has 0 saturated heterocycles. The Morgan fingerprint density at radius 3 is 2.94 bits per heavy atom. The monoisotopic (exact) mass is 307 g/mol. The van der Waals surface area contributed by atoms with Crippen LogP contribution in [-0.4, -0.2) is 16.8 Å². The van der Waals surface area contributed by atoms with Gasteiger partial charge in [-0.15, -0.1) is 0 Å². The van der Waals surface area contributed by atoms with Crippen LogP contribution < -0.4 is 10.5 Å². The van der Waals surface area contributed by atoms with E-state index in [2.05, 4.69) is 26.1 Å². The molecule has 0 amide bonds. The number of hydrogen-bond acceptors (Lipinski definition) is 3. The van der Waals surface area contributed by atoms with E-state index >= 15 is 0 Å². The second-order valence-corrected chi connectivity index (χ2v) is 5.45. The first kappa shape index (κ1) is 11.6. The molecular formula is C13H14BrN3O. The summed E-state index contributed by atoms with van der Waals surface area (Å²) in [7, 11) is 0. The van der Waals surface area contributed by atoms with Crippen molar-refractivity contribution in [2.75, 3.05) is 12.3 Å². The number of nitrogen functional groups attached to an aromatic ring is 1. The van der Waals surface area contributed by atoms with E-state index in [1.165, 1.54) is 12.8 Å². The van der Waals surface area contributed by atoms with Crippen molar-refractivity contribution in [3.63, 3.8) is 0 Å². The highest BCUT2D eigenvalue weighted by Crippen LogP contribution is 2.35. The molecule has 1 aliphatic carbocycles. The van der Waals surface area contributed by atoms with Gasteiger partial charge in [-0.2, -0.15) is 5.10 Å². The smallest absolute Gasteiger partial charge is 0.134 e. The summed E-state index contributed by atoms with van der Waals surface area (Å²) in [5, 5.41) is 6.67. The number of nitrogens with two attached hydrogens (primary N) is 1. The Hall–Kier alpha value is -1.49. The second kappa shape index (κ2) is 4.65. The van der Waals surface area contributed by atoms with Gasteiger partial charge < -0.3 is 10.5 Å². The lowest BCUT2D eigenvalue weighted by atomic mass is 10.1. The predicted octanol–water partition coefficient (Wildman–Crippen LogP) is 3.21. The van der Waals surface area contributed by atoms with Gasteiger partial charge in [0.15, 0.2) is 0 Å². The molecule has 3 N–H and O–H groups in total. The number of benzene rings is 1. The number of anilines is 1. The van der Waals surface area contributed by atoms with Crippen molar-refractivity contribution in [3.05, 3.63) is 28.9 Å². The highest BCUT2D eigenvalue weighted by atomic mass is 79.9. The number of aromatic nitrogens is 2. The third kappa shape index (κ3) is 2.36. The Balaban J connectivity index is 1.87. The maximum atomic E-state index is 5.82. The first-order valence-corrected chi connectivity index (χ1v) is 6.75. The first-order valence-electron chi connectivity index (χ1n) is 5.95. The summed E-state index contributed by atoms with van der Waals surface area (Å²) >= 11 is 3.50. The van der Waals surface area contributed by atoms with Crippen LogP contribution in [0.4, 0.5) is 5.82 Å². The molecule has 94 valence electrons. The molecule has 0 bridgehead atoms. The number of hydrogen-bond donors (Lipinski definition) is 2. The van der Waals surface area contributed by atoms with Crippen LogP contribution in [0.1, 0.15) is 12.8 Å². The van der Waals surface area contributed by atoms with Crippen molar-refractivity contribution in [2.45, 2.75) is 12.8 Å². The lowest BCUT2D eigenvalue weighted by molar-refractivity contribution is 0.298. The molecule has 0 spiro atoms. The summed E-state index contributed by atoms with van der Waals surface area (Å²) in [6.07, 6.45) is 4.29. The minimum absolute atomic E-state index is 0.575. The summed E-state index contributed by atoms with van der Waals surface area (Å²) in [4.78, 5) is 0. The van der Waals surface area contributed by atoms with Gasteiger partial charge in [0, 0.05) is 5.56 Å². The molecule has 1 aromatic carbocycles. The van der Waals surface area contributed by atoms with Crippen molar-refractivity contribution >= 4 is 21.7 Å². The van der Waals surface area contributed by atoms with Gasteiger partial charge in [-0.3, -0.25) is 5.10 Å². The molecule has 0 unspecified atom stereocenters. The lowest BCUT2D eigenvalue weighted by Crippen LogP contribution is -1.99. The summed E-state index contributed by atoms with van der Waals surface area (Å²) in [5.41, 5.74) is 7.73. The average molecular weight is 308 g/mol. The fraction of sp³-hybridized carbons (Fsp3) is 0.308. The standard InChI is InChI=1S/C13H14BrN3O/c14-11-4-3-9(10-6-16-17-13(10)15)5-12(11)18-7-8-1-2-8/h3-6,8H,1-2,7H2,(H3,15,16,17). The van der Waals surface area contributed by atoms with Gasteiger partial charge in [0.1, 0.15) is 11.6 Å². The van der Waals surface area contributed by atoms with Crippen LogP contribution in [0.2, 0.25) is 0 Å². The van der Waals surface area contributed by atoms with Crippen molar-refractivity contribution in [1.82, 2.24) is 10.2 Å². The van der Waals surface area contributed by atoms with Crippen molar-refractivity contribution in [1.29, 1.82) is 0 Å². The van der Waals surface area contributed by atoms with E-state index < -0.39 is 0 Å². The SMILES string of the molecule is Nc1[nH]ncc1-c1ccc(Br)c(OCC2CC2)c1. The fourth-order valence-electron chi connectivity index (χ4n) is 1.80. The molecule has 5 heteroatoms. The third-order valence-corrected chi connectivity index (χ3v) is 3.74. The van der Waals surface area contributed by atoms with Gasteiger partial charge in [0.05, 0.1) is 17.3 Å². The molecule has 1 aromatic heterocycles. The van der Waals surface area contributed by atoms with Crippen molar-refractivity contribution in [2.24, 2.45) is 5.92 Å². The molecule has 3 rings (SSSR count). The van der Waals surface area contributed by atoms with E-state index in [1.807, 2.05) is 18.2 Å². The zero-order valence-electron chi connectivity index (χ0n) is 9.82. The molecule has 1 fully saturated rings. The normalized spacial score (nSPS) is 14.7. The topological polar surface area (TPSA) is 63.9 Å². The second-order valence-electron chi connectivity index (χ2n) is 4.60. The van der Waals surface area contributed by atoms with E-state index in [0.717, 1.165) is 33.9 Å². The van der Waals surface area contributed by atoms with Crippen LogP contribution in [0.25, 0.3) is 11.1 Å². The Kier molecular flexibility index (Phi) is 2.99. The molecule has 4 nitrogen and oxygen atoms in total. The summed E-state index contributed by atoms with van der Waals surface area (Å²) in [5.74, 6) is 2.17. The van der Waals surface area contributed by atoms with Crippen LogP contribution in [-0.2, 0) is 0 Å². The van der Waals surface area contributed by atoms with Crippen LogP contribution >= 0.6 is 15.9 Å². The summed E-state index contributed by atoms with van der Waals surface area (Å²) < 4.78 is 6.79. The van der Waals surface area contributed by atoms with E-state index in [9.17, 15) is 0 Å². The summed E-state index contributed by atoms with van der Waals surface area (Å²) in [6, 6.07) is 5.97. The Bertz CT molecular complexity index is 563. The van der Waals surface area contributed by atoms with Crippen molar-refractivity contribution < 1.29 is 4.74 Å². The van der Waals surface area contributed by atoms with Gasteiger partial charge in [0.2, 0.25) is 0 Å². The third-order valence-electron chi connectivity index (χ3n) is 3.08. The Labute approximate surface area is 114 Å². The zero-order valence-corrected chi connectivity index (χ0v) is 11.4. The number of rotatable bonds is 4. The molecule has 1 saturated carbocycles. The quantitative estimate of drug-likeness (QED) is 0.911. The van der Waals surface area contributed by atoms with Crippen LogP contribution in [0.5, 0.6) is 5.75 Å². The molecule has 1 aliphatic rings.